The summed E-state index contributed by atoms with van der Waals surface area (Å²) in [6, 6.07) is 0. The largest absolute Gasteiger partial charge is 0.381 e. The van der Waals surface area contributed by atoms with Gasteiger partial charge in [-0.1, -0.05) is 0 Å². The lowest BCUT2D eigenvalue weighted by molar-refractivity contribution is -0.122. The highest BCUT2D eigenvalue weighted by Crippen LogP contribution is 2.16. The number of ether oxygens (including phenoxy) is 1. The molecule has 0 N–H and O–H groups in total. The first kappa shape index (κ1) is 10.4. The van der Waals surface area contributed by atoms with Crippen LogP contribution in [0.1, 0.15) is 18.4 Å². The van der Waals surface area contributed by atoms with E-state index in [-0.39, 0.29) is 5.92 Å². The summed E-state index contributed by atoms with van der Waals surface area (Å²) in [5.74, 6) is 0.470. The lowest BCUT2D eigenvalue weighted by Gasteiger charge is -2.04. The highest BCUT2D eigenvalue weighted by atomic mass is 16.5. The van der Waals surface area contributed by atoms with Crippen LogP contribution in [-0.4, -0.2) is 28.8 Å². The van der Waals surface area contributed by atoms with Crippen molar-refractivity contribution in [3.05, 3.63) is 18.0 Å². The van der Waals surface area contributed by atoms with Gasteiger partial charge in [0.1, 0.15) is 5.78 Å². The normalized spacial score (nSPS) is 20.7. The lowest BCUT2D eigenvalue weighted by atomic mass is 9.98. The molecule has 0 spiro atoms. The fourth-order valence-corrected chi connectivity index (χ4v) is 1.86. The van der Waals surface area contributed by atoms with E-state index in [1.54, 1.807) is 4.68 Å². The van der Waals surface area contributed by atoms with Crippen LogP contribution in [0.3, 0.4) is 0 Å². The van der Waals surface area contributed by atoms with Crippen LogP contribution in [0.2, 0.25) is 0 Å². The van der Waals surface area contributed by atoms with E-state index in [0.29, 0.717) is 18.8 Å². The third kappa shape index (κ3) is 2.65. The average Bonchev–Trinajstić information content (AvgIpc) is 2.84. The zero-order chi connectivity index (χ0) is 10.7. The summed E-state index contributed by atoms with van der Waals surface area (Å²) in [6.07, 6.45) is 6.08. The minimum atomic E-state index is 0.140. The maximum atomic E-state index is 11.7. The molecule has 1 fully saturated rings. The second kappa shape index (κ2) is 4.57. The van der Waals surface area contributed by atoms with Crippen molar-refractivity contribution in [2.24, 2.45) is 13.0 Å². The van der Waals surface area contributed by atoms with Crippen molar-refractivity contribution in [3.8, 4) is 0 Å². The first-order chi connectivity index (χ1) is 7.25. The van der Waals surface area contributed by atoms with Crippen molar-refractivity contribution in [2.75, 3.05) is 13.2 Å². The van der Waals surface area contributed by atoms with E-state index in [0.717, 1.165) is 25.0 Å². The van der Waals surface area contributed by atoms with E-state index < -0.39 is 0 Å². The minimum Gasteiger partial charge on any atom is -0.381 e. The Balaban J connectivity index is 1.80. The van der Waals surface area contributed by atoms with E-state index in [1.165, 1.54) is 0 Å². The molecule has 0 radical (unpaired) electrons. The Kier molecular flexibility index (Phi) is 3.16. The topological polar surface area (TPSA) is 44.1 Å². The number of hydrogen-bond acceptors (Lipinski definition) is 3. The maximum Gasteiger partial charge on any atom is 0.138 e. The summed E-state index contributed by atoms with van der Waals surface area (Å²) in [5.41, 5.74) is 1.13. The number of nitrogens with zero attached hydrogens (tertiary/aromatic N) is 2. The Morgan fingerprint density at radius 3 is 3.20 bits per heavy atom. The molecule has 1 unspecified atom stereocenters. The SMILES string of the molecule is Cn1cc(CCC(=O)C2CCOC2)cn1. The Bertz CT molecular complexity index is 340. The predicted molar refractivity (Wildman–Crippen MR) is 55.5 cm³/mol. The maximum absolute atomic E-state index is 11.7. The van der Waals surface area contributed by atoms with Gasteiger partial charge in [0.25, 0.3) is 0 Å². The minimum absolute atomic E-state index is 0.140. The Morgan fingerprint density at radius 1 is 1.73 bits per heavy atom. The van der Waals surface area contributed by atoms with Crippen molar-refractivity contribution >= 4 is 5.78 Å². The van der Waals surface area contributed by atoms with Crippen molar-refractivity contribution in [1.82, 2.24) is 9.78 Å². The number of aryl methyl sites for hydroxylation is 2. The lowest BCUT2D eigenvalue weighted by Crippen LogP contribution is -2.14. The zero-order valence-corrected chi connectivity index (χ0v) is 8.98. The van der Waals surface area contributed by atoms with Gasteiger partial charge in [0, 0.05) is 32.2 Å². The first-order valence-electron chi connectivity index (χ1n) is 5.33. The number of hydrogen-bond donors (Lipinski definition) is 0. The monoisotopic (exact) mass is 208 g/mol. The van der Waals surface area contributed by atoms with Crippen molar-refractivity contribution in [2.45, 2.75) is 19.3 Å². The van der Waals surface area contributed by atoms with Crippen LogP contribution in [0.5, 0.6) is 0 Å². The molecule has 0 saturated carbocycles. The second-order valence-electron chi connectivity index (χ2n) is 4.05. The molecule has 2 heterocycles. The predicted octanol–water partition coefficient (Wildman–Crippen LogP) is 0.958. The fourth-order valence-electron chi connectivity index (χ4n) is 1.86. The van der Waals surface area contributed by atoms with Crippen LogP contribution in [-0.2, 0) is 23.0 Å². The van der Waals surface area contributed by atoms with E-state index in [1.807, 2.05) is 19.4 Å². The van der Waals surface area contributed by atoms with Gasteiger partial charge in [-0.2, -0.15) is 5.10 Å². The molecule has 1 aromatic heterocycles. The van der Waals surface area contributed by atoms with Gasteiger partial charge < -0.3 is 4.74 Å². The van der Waals surface area contributed by atoms with Gasteiger partial charge in [0.15, 0.2) is 0 Å². The number of carbonyl (C=O) groups is 1. The summed E-state index contributed by atoms with van der Waals surface area (Å²) in [5, 5.41) is 4.07. The van der Waals surface area contributed by atoms with Crippen LogP contribution in [0.4, 0.5) is 0 Å². The van der Waals surface area contributed by atoms with E-state index in [2.05, 4.69) is 5.10 Å². The van der Waals surface area contributed by atoms with Gasteiger partial charge in [0.2, 0.25) is 0 Å². The average molecular weight is 208 g/mol. The van der Waals surface area contributed by atoms with Crippen molar-refractivity contribution in [3.63, 3.8) is 0 Å². The van der Waals surface area contributed by atoms with Crippen molar-refractivity contribution < 1.29 is 9.53 Å². The Labute approximate surface area is 89.2 Å². The summed E-state index contributed by atoms with van der Waals surface area (Å²) >= 11 is 0. The highest BCUT2D eigenvalue weighted by Gasteiger charge is 2.22. The molecular weight excluding hydrogens is 192 g/mol. The number of carbonyl (C=O) groups excluding carboxylic acids is 1. The Morgan fingerprint density at radius 2 is 2.60 bits per heavy atom. The third-order valence-corrected chi connectivity index (χ3v) is 2.80. The van der Waals surface area contributed by atoms with Gasteiger partial charge >= 0.3 is 0 Å². The first-order valence-corrected chi connectivity index (χ1v) is 5.33. The van der Waals surface area contributed by atoms with Crippen LogP contribution in [0.25, 0.3) is 0 Å². The van der Waals surface area contributed by atoms with Gasteiger partial charge in [-0.25, -0.2) is 0 Å². The highest BCUT2D eigenvalue weighted by molar-refractivity contribution is 5.81. The molecule has 2 rings (SSSR count). The molecule has 0 bridgehead atoms. The van der Waals surface area contributed by atoms with E-state index in [9.17, 15) is 4.79 Å². The van der Waals surface area contributed by atoms with Gasteiger partial charge in [-0.3, -0.25) is 9.48 Å². The zero-order valence-electron chi connectivity index (χ0n) is 8.98. The summed E-state index contributed by atoms with van der Waals surface area (Å²) in [6.45, 7) is 1.36. The molecule has 1 aliphatic heterocycles. The number of Topliss-reactive ketones (excluding diaryl/α,β-unsaturated/α-hetero) is 1. The van der Waals surface area contributed by atoms with E-state index in [4.69, 9.17) is 4.74 Å². The smallest absolute Gasteiger partial charge is 0.138 e. The number of rotatable bonds is 4. The van der Waals surface area contributed by atoms with Crippen LogP contribution in [0.15, 0.2) is 12.4 Å². The summed E-state index contributed by atoms with van der Waals surface area (Å²) < 4.78 is 6.96. The molecule has 1 aromatic rings. The molecular formula is C11H16N2O2. The molecule has 0 amide bonds. The fraction of sp³-hybridized carbons (Fsp3) is 0.636. The quantitative estimate of drug-likeness (QED) is 0.740. The summed E-state index contributed by atoms with van der Waals surface area (Å²) in [7, 11) is 1.89. The summed E-state index contributed by atoms with van der Waals surface area (Å²) in [4.78, 5) is 11.7. The van der Waals surface area contributed by atoms with Gasteiger partial charge in [-0.15, -0.1) is 0 Å². The third-order valence-electron chi connectivity index (χ3n) is 2.80. The molecule has 0 aliphatic carbocycles. The second-order valence-corrected chi connectivity index (χ2v) is 4.05. The van der Waals surface area contributed by atoms with Crippen molar-refractivity contribution in [1.29, 1.82) is 0 Å². The molecule has 4 nitrogen and oxygen atoms in total. The van der Waals surface area contributed by atoms with Crippen LogP contribution in [0, 0.1) is 5.92 Å². The molecule has 82 valence electrons. The standard InChI is InChI=1S/C11H16N2O2/c1-13-7-9(6-12-13)2-3-11(14)10-4-5-15-8-10/h6-7,10H,2-5,8H2,1H3. The molecule has 0 aromatic carbocycles. The van der Waals surface area contributed by atoms with Crippen LogP contribution >= 0.6 is 0 Å². The van der Waals surface area contributed by atoms with Gasteiger partial charge in [0.05, 0.1) is 12.8 Å². The molecule has 1 atom stereocenters. The molecule has 15 heavy (non-hydrogen) atoms. The Hall–Kier alpha value is -1.16. The molecule has 1 aliphatic rings. The molecule has 4 heteroatoms. The molecule has 1 saturated heterocycles. The van der Waals surface area contributed by atoms with Gasteiger partial charge in [-0.05, 0) is 18.4 Å². The number of aromatic nitrogens is 2. The van der Waals surface area contributed by atoms with Crippen LogP contribution < -0.4 is 0 Å². The number of ketones is 1. The van der Waals surface area contributed by atoms with E-state index >= 15 is 0 Å².